The third-order valence-electron chi connectivity index (χ3n) is 4.71. The predicted octanol–water partition coefficient (Wildman–Crippen LogP) is 4.75. The maximum absolute atomic E-state index is 12.6. The lowest BCUT2D eigenvalue weighted by atomic mass is 10.0. The van der Waals surface area contributed by atoms with Crippen molar-refractivity contribution in [2.24, 2.45) is 5.10 Å². The average molecular weight is 408 g/mol. The molecule has 0 unspecified atom stereocenters. The summed E-state index contributed by atoms with van der Waals surface area (Å²) in [5.74, 6) is -0.169. The van der Waals surface area contributed by atoms with Gasteiger partial charge in [0.2, 0.25) is 5.91 Å². The first kappa shape index (κ1) is 20.0. The van der Waals surface area contributed by atoms with Crippen LogP contribution >= 0.6 is 0 Å². The molecule has 5 nitrogen and oxygen atoms in total. The van der Waals surface area contributed by atoms with E-state index >= 15 is 0 Å². The highest BCUT2D eigenvalue weighted by atomic mass is 16.5. The number of hydrogen-bond donors (Lipinski definition) is 1. The Labute approximate surface area is 180 Å². The lowest BCUT2D eigenvalue weighted by Crippen LogP contribution is -2.19. The van der Waals surface area contributed by atoms with Crippen LogP contribution in [-0.2, 0) is 11.2 Å². The summed E-state index contributed by atoms with van der Waals surface area (Å²) in [6.45, 7) is 0. The summed E-state index contributed by atoms with van der Waals surface area (Å²) in [7, 11) is 0. The van der Waals surface area contributed by atoms with E-state index in [1.54, 1.807) is 36.5 Å². The summed E-state index contributed by atoms with van der Waals surface area (Å²) in [6, 6.07) is 29.6. The summed E-state index contributed by atoms with van der Waals surface area (Å²) < 4.78 is 5.52. The molecule has 4 aromatic rings. The molecule has 0 heterocycles. The van der Waals surface area contributed by atoms with Gasteiger partial charge in [0, 0.05) is 0 Å². The van der Waals surface area contributed by atoms with Crippen LogP contribution in [0.15, 0.2) is 102 Å². The Bertz CT molecular complexity index is 1230. The summed E-state index contributed by atoms with van der Waals surface area (Å²) in [5.41, 5.74) is 4.72. The third kappa shape index (κ3) is 5.22. The number of carbonyl (C=O) groups is 2. The van der Waals surface area contributed by atoms with Gasteiger partial charge < -0.3 is 4.74 Å². The fourth-order valence-electron chi connectivity index (χ4n) is 3.19. The van der Waals surface area contributed by atoms with Crippen molar-refractivity contribution in [3.8, 4) is 5.75 Å². The SMILES string of the molecule is O=C(Cc1ccccc1)N/N=C/c1ccc(OC(=O)c2cccc3ccccc23)cc1. The van der Waals surface area contributed by atoms with Crippen LogP contribution in [0, 0.1) is 0 Å². The highest BCUT2D eigenvalue weighted by Gasteiger charge is 2.12. The molecule has 0 spiro atoms. The Kier molecular flexibility index (Phi) is 6.14. The lowest BCUT2D eigenvalue weighted by Gasteiger charge is -2.07. The quantitative estimate of drug-likeness (QED) is 0.217. The zero-order chi connectivity index (χ0) is 21.5. The van der Waals surface area contributed by atoms with E-state index in [0.29, 0.717) is 11.3 Å². The Morgan fingerprint density at radius 2 is 1.52 bits per heavy atom. The first-order valence-corrected chi connectivity index (χ1v) is 9.85. The summed E-state index contributed by atoms with van der Waals surface area (Å²) >= 11 is 0. The van der Waals surface area contributed by atoms with Crippen molar-refractivity contribution < 1.29 is 14.3 Å². The standard InChI is InChI=1S/C26H20N2O3/c29-25(17-19-7-2-1-3-8-19)28-27-18-20-13-15-22(16-14-20)31-26(30)24-12-6-10-21-9-4-5-11-23(21)24/h1-16,18H,17H2,(H,28,29)/b27-18+. The predicted molar refractivity (Wildman–Crippen MR) is 121 cm³/mol. The Morgan fingerprint density at radius 1 is 0.806 bits per heavy atom. The van der Waals surface area contributed by atoms with Gasteiger partial charge in [-0.15, -0.1) is 0 Å². The monoisotopic (exact) mass is 408 g/mol. The Morgan fingerprint density at radius 3 is 2.32 bits per heavy atom. The number of nitrogens with zero attached hydrogens (tertiary/aromatic N) is 1. The molecule has 4 rings (SSSR count). The number of nitrogens with one attached hydrogen (secondary N) is 1. The van der Waals surface area contributed by atoms with Gasteiger partial charge in [-0.05, 0) is 52.2 Å². The summed E-state index contributed by atoms with van der Waals surface area (Å²) in [5, 5.41) is 5.81. The Balaban J connectivity index is 1.35. The number of esters is 1. The first-order valence-electron chi connectivity index (χ1n) is 9.85. The second-order valence-electron chi connectivity index (χ2n) is 6.94. The van der Waals surface area contributed by atoms with E-state index < -0.39 is 5.97 Å². The van der Waals surface area contributed by atoms with Crippen molar-refractivity contribution in [1.29, 1.82) is 0 Å². The second-order valence-corrected chi connectivity index (χ2v) is 6.94. The van der Waals surface area contributed by atoms with E-state index in [1.807, 2.05) is 66.7 Å². The third-order valence-corrected chi connectivity index (χ3v) is 4.71. The van der Waals surface area contributed by atoms with E-state index in [9.17, 15) is 9.59 Å². The number of rotatable bonds is 6. The van der Waals surface area contributed by atoms with Crippen LogP contribution in [-0.4, -0.2) is 18.1 Å². The minimum absolute atomic E-state index is 0.192. The average Bonchev–Trinajstić information content (AvgIpc) is 2.80. The number of amides is 1. The molecule has 0 saturated carbocycles. The molecule has 0 aliphatic rings. The normalized spacial score (nSPS) is 10.8. The van der Waals surface area contributed by atoms with Gasteiger partial charge in [-0.25, -0.2) is 10.2 Å². The van der Waals surface area contributed by atoms with Gasteiger partial charge >= 0.3 is 5.97 Å². The van der Waals surface area contributed by atoms with E-state index in [2.05, 4.69) is 10.5 Å². The van der Waals surface area contributed by atoms with Crippen LogP contribution in [0.3, 0.4) is 0 Å². The highest BCUT2D eigenvalue weighted by Crippen LogP contribution is 2.21. The van der Waals surface area contributed by atoms with Crippen molar-refractivity contribution in [1.82, 2.24) is 5.43 Å². The minimum Gasteiger partial charge on any atom is -0.423 e. The van der Waals surface area contributed by atoms with Crippen LogP contribution in [0.5, 0.6) is 5.75 Å². The van der Waals surface area contributed by atoms with Gasteiger partial charge in [-0.1, -0.05) is 66.7 Å². The van der Waals surface area contributed by atoms with Crippen LogP contribution in [0.25, 0.3) is 10.8 Å². The molecule has 0 atom stereocenters. The van der Waals surface area contributed by atoms with Crippen molar-refractivity contribution in [2.45, 2.75) is 6.42 Å². The number of fused-ring (bicyclic) bond motifs is 1. The molecule has 1 N–H and O–H groups in total. The first-order chi connectivity index (χ1) is 15.2. The molecule has 31 heavy (non-hydrogen) atoms. The molecule has 1 amide bonds. The molecule has 0 saturated heterocycles. The largest absolute Gasteiger partial charge is 0.423 e. The number of carbonyl (C=O) groups excluding carboxylic acids is 2. The highest BCUT2D eigenvalue weighted by molar-refractivity contribution is 6.05. The van der Waals surface area contributed by atoms with Gasteiger partial charge in [0.1, 0.15) is 5.75 Å². The Hall–Kier alpha value is -4.25. The maximum atomic E-state index is 12.6. The van der Waals surface area contributed by atoms with Gasteiger partial charge in [-0.2, -0.15) is 5.10 Å². The fourth-order valence-corrected chi connectivity index (χ4v) is 3.19. The molecule has 0 aliphatic heterocycles. The number of benzene rings is 4. The molecular formula is C26H20N2O3. The van der Waals surface area contributed by atoms with Gasteiger partial charge in [0.05, 0.1) is 18.2 Å². The fraction of sp³-hybridized carbons (Fsp3) is 0.0385. The molecular weight excluding hydrogens is 388 g/mol. The lowest BCUT2D eigenvalue weighted by molar-refractivity contribution is -0.120. The molecule has 0 aromatic heterocycles. The second kappa shape index (κ2) is 9.50. The van der Waals surface area contributed by atoms with E-state index in [-0.39, 0.29) is 12.3 Å². The molecule has 5 heteroatoms. The molecule has 152 valence electrons. The molecule has 0 aliphatic carbocycles. The molecule has 0 fully saturated rings. The maximum Gasteiger partial charge on any atom is 0.344 e. The van der Waals surface area contributed by atoms with Crippen molar-refractivity contribution in [3.63, 3.8) is 0 Å². The zero-order valence-corrected chi connectivity index (χ0v) is 16.7. The van der Waals surface area contributed by atoms with Gasteiger partial charge in [0.15, 0.2) is 0 Å². The van der Waals surface area contributed by atoms with Gasteiger partial charge in [-0.3, -0.25) is 4.79 Å². The van der Waals surface area contributed by atoms with Crippen molar-refractivity contribution in [3.05, 3.63) is 114 Å². The van der Waals surface area contributed by atoms with E-state index in [1.165, 1.54) is 0 Å². The summed E-state index contributed by atoms with van der Waals surface area (Å²) in [6.07, 6.45) is 1.81. The van der Waals surface area contributed by atoms with Gasteiger partial charge in [0.25, 0.3) is 0 Å². The minimum atomic E-state index is -0.411. The van der Waals surface area contributed by atoms with Crippen LogP contribution in [0.4, 0.5) is 0 Å². The smallest absolute Gasteiger partial charge is 0.344 e. The molecule has 0 radical (unpaired) electrons. The molecule has 0 bridgehead atoms. The van der Waals surface area contributed by atoms with Crippen molar-refractivity contribution >= 4 is 28.9 Å². The van der Waals surface area contributed by atoms with Crippen LogP contribution < -0.4 is 10.2 Å². The van der Waals surface area contributed by atoms with Crippen LogP contribution in [0.2, 0.25) is 0 Å². The number of ether oxygens (including phenoxy) is 1. The topological polar surface area (TPSA) is 67.8 Å². The number of hydrogen-bond acceptors (Lipinski definition) is 4. The van der Waals surface area contributed by atoms with Crippen LogP contribution in [0.1, 0.15) is 21.5 Å². The molecule has 4 aromatic carbocycles. The summed E-state index contributed by atoms with van der Waals surface area (Å²) in [4.78, 5) is 24.5. The zero-order valence-electron chi connectivity index (χ0n) is 16.7. The van der Waals surface area contributed by atoms with Crippen molar-refractivity contribution in [2.75, 3.05) is 0 Å². The van der Waals surface area contributed by atoms with E-state index in [0.717, 1.165) is 21.9 Å². The number of hydrazone groups is 1. The van der Waals surface area contributed by atoms with E-state index in [4.69, 9.17) is 4.74 Å².